The summed E-state index contributed by atoms with van der Waals surface area (Å²) < 4.78 is 0. The van der Waals surface area contributed by atoms with Crippen LogP contribution in [0.1, 0.15) is 10.4 Å². The summed E-state index contributed by atoms with van der Waals surface area (Å²) in [6.07, 6.45) is 3.06. The summed E-state index contributed by atoms with van der Waals surface area (Å²) in [6.45, 7) is 0. The number of aromatic hydroxyl groups is 6. The zero-order valence-electron chi connectivity index (χ0n) is 13.9. The molecule has 0 saturated carbocycles. The molecule has 0 spiro atoms. The Morgan fingerprint density at radius 3 is 1.22 bits per heavy atom. The Hall–Kier alpha value is -4.14. The Morgan fingerprint density at radius 2 is 1.00 bits per heavy atom. The summed E-state index contributed by atoms with van der Waals surface area (Å²) in [5.41, 5.74) is 5.44. The molecule has 2 aromatic carbocycles. The fourth-order valence-corrected chi connectivity index (χ4v) is 1.56. The van der Waals surface area contributed by atoms with Crippen LogP contribution in [-0.2, 0) is 0 Å². The summed E-state index contributed by atoms with van der Waals surface area (Å²) in [5, 5.41) is 52.2. The second-order valence-corrected chi connectivity index (χ2v) is 4.89. The van der Waals surface area contributed by atoms with Crippen molar-refractivity contribution in [3.63, 3.8) is 0 Å². The van der Waals surface area contributed by atoms with Gasteiger partial charge in [0.05, 0.1) is 0 Å². The third-order valence-corrected chi connectivity index (χ3v) is 2.95. The number of nitrogens with zero attached hydrogens (tertiary/aromatic N) is 1. The van der Waals surface area contributed by atoms with Gasteiger partial charge < -0.3 is 36.4 Å². The molecule has 1 amide bonds. The number of primary amides is 1. The molecule has 1 heterocycles. The van der Waals surface area contributed by atoms with Gasteiger partial charge in [-0.25, -0.2) is 0 Å². The lowest BCUT2D eigenvalue weighted by Gasteiger charge is -1.96. The predicted octanol–water partition coefficient (Wildman–Crippen LogP) is 1.79. The van der Waals surface area contributed by atoms with E-state index in [1.54, 1.807) is 12.1 Å². The highest BCUT2D eigenvalue weighted by Gasteiger charge is 2.01. The van der Waals surface area contributed by atoms with Crippen LogP contribution in [0.25, 0.3) is 0 Å². The Labute approximate surface area is 153 Å². The van der Waals surface area contributed by atoms with Crippen LogP contribution < -0.4 is 5.73 Å². The van der Waals surface area contributed by atoms with Gasteiger partial charge in [-0.3, -0.25) is 9.78 Å². The number of phenols is 6. The molecule has 0 atom stereocenters. The van der Waals surface area contributed by atoms with E-state index >= 15 is 0 Å². The van der Waals surface area contributed by atoms with Gasteiger partial charge in [-0.15, -0.1) is 0 Å². The molecule has 0 bridgehead atoms. The first-order valence-corrected chi connectivity index (χ1v) is 7.33. The second kappa shape index (κ2) is 9.99. The van der Waals surface area contributed by atoms with E-state index in [0.29, 0.717) is 5.56 Å². The van der Waals surface area contributed by atoms with E-state index < -0.39 is 17.4 Å². The minimum atomic E-state index is -0.475. The molecule has 142 valence electrons. The Morgan fingerprint density at radius 1 is 0.667 bits per heavy atom. The summed E-state index contributed by atoms with van der Waals surface area (Å²) in [6, 6.07) is 11.2. The van der Waals surface area contributed by atoms with Crippen molar-refractivity contribution in [2.24, 2.45) is 5.73 Å². The van der Waals surface area contributed by atoms with Crippen molar-refractivity contribution in [1.82, 2.24) is 4.98 Å². The molecular weight excluding hydrogens is 356 g/mol. The predicted molar refractivity (Wildman–Crippen MR) is 95.6 cm³/mol. The van der Waals surface area contributed by atoms with Crippen LogP contribution in [-0.4, -0.2) is 41.5 Å². The van der Waals surface area contributed by atoms with Crippen molar-refractivity contribution in [2.45, 2.75) is 0 Å². The summed E-state index contributed by atoms with van der Waals surface area (Å²) in [7, 11) is 0. The molecule has 0 fully saturated rings. The maximum absolute atomic E-state index is 10.4. The first-order valence-electron chi connectivity index (χ1n) is 7.33. The van der Waals surface area contributed by atoms with Crippen molar-refractivity contribution in [3.05, 3.63) is 66.5 Å². The number of carbonyl (C=O) groups excluding carboxylic acids is 1. The second-order valence-electron chi connectivity index (χ2n) is 4.89. The quantitative estimate of drug-likeness (QED) is 0.315. The summed E-state index contributed by atoms with van der Waals surface area (Å²) in [5.74, 6) is -2.61. The number of pyridine rings is 1. The normalized spacial score (nSPS) is 9.19. The monoisotopic (exact) mass is 374 g/mol. The number of hydrogen-bond acceptors (Lipinski definition) is 8. The van der Waals surface area contributed by atoms with Crippen LogP contribution in [0, 0.1) is 0 Å². The lowest BCUT2D eigenvalue weighted by Crippen LogP contribution is -2.10. The van der Waals surface area contributed by atoms with E-state index in [1.165, 1.54) is 48.8 Å². The van der Waals surface area contributed by atoms with Crippen molar-refractivity contribution in [2.75, 3.05) is 0 Å². The molecule has 3 aromatic rings. The lowest BCUT2D eigenvalue weighted by atomic mass is 10.3. The Kier molecular flexibility index (Phi) is 7.73. The number of aromatic nitrogens is 1. The van der Waals surface area contributed by atoms with Crippen molar-refractivity contribution in [3.8, 4) is 34.5 Å². The van der Waals surface area contributed by atoms with Crippen LogP contribution in [0.4, 0.5) is 0 Å². The van der Waals surface area contributed by atoms with Gasteiger partial charge in [-0.05, 0) is 36.4 Å². The lowest BCUT2D eigenvalue weighted by molar-refractivity contribution is 0.1000. The number of rotatable bonds is 1. The van der Waals surface area contributed by atoms with E-state index in [-0.39, 0.29) is 23.0 Å². The average Bonchev–Trinajstić information content (AvgIpc) is 2.66. The van der Waals surface area contributed by atoms with E-state index in [9.17, 15) is 4.79 Å². The van der Waals surface area contributed by atoms with E-state index in [1.807, 2.05) is 0 Å². The van der Waals surface area contributed by atoms with E-state index in [0.717, 1.165) is 0 Å². The van der Waals surface area contributed by atoms with Gasteiger partial charge in [0, 0.05) is 18.0 Å². The van der Waals surface area contributed by atoms with Crippen LogP contribution in [0.5, 0.6) is 34.5 Å². The highest BCUT2D eigenvalue weighted by molar-refractivity contribution is 5.92. The molecule has 0 aliphatic carbocycles. The number of carbonyl (C=O) groups is 1. The third kappa shape index (κ3) is 6.70. The SMILES string of the molecule is NC(=O)c1ccncc1.Oc1cccc(O)c1O.Oc1cccc(O)c1O. The fourth-order valence-electron chi connectivity index (χ4n) is 1.56. The highest BCUT2D eigenvalue weighted by atomic mass is 16.3. The third-order valence-electron chi connectivity index (χ3n) is 2.95. The molecule has 0 radical (unpaired) electrons. The average molecular weight is 374 g/mol. The zero-order chi connectivity index (χ0) is 20.4. The number of benzene rings is 2. The summed E-state index contributed by atoms with van der Waals surface area (Å²) >= 11 is 0. The van der Waals surface area contributed by atoms with E-state index in [2.05, 4.69) is 4.98 Å². The first kappa shape index (κ1) is 20.9. The molecule has 8 N–H and O–H groups in total. The van der Waals surface area contributed by atoms with Gasteiger partial charge in [-0.1, -0.05) is 12.1 Å². The van der Waals surface area contributed by atoms with Gasteiger partial charge in [0.15, 0.2) is 34.5 Å². The molecule has 1 aromatic heterocycles. The van der Waals surface area contributed by atoms with Crippen LogP contribution in [0.3, 0.4) is 0 Å². The summed E-state index contributed by atoms with van der Waals surface area (Å²) in [4.78, 5) is 14.1. The standard InChI is InChI=1S/C6H6N2O.2C6H6O3/c7-6(9)5-1-3-8-4-2-5;2*7-4-2-1-3-5(8)6(4)9/h1-4H,(H2,7,9);2*1-3,7-9H. The van der Waals surface area contributed by atoms with Gasteiger partial charge in [0.1, 0.15) is 0 Å². The molecule has 0 aliphatic heterocycles. The molecule has 3 rings (SSSR count). The molecule has 0 aliphatic rings. The van der Waals surface area contributed by atoms with E-state index in [4.69, 9.17) is 36.4 Å². The van der Waals surface area contributed by atoms with Crippen molar-refractivity contribution >= 4 is 5.91 Å². The maximum Gasteiger partial charge on any atom is 0.248 e. The maximum atomic E-state index is 10.4. The highest BCUT2D eigenvalue weighted by Crippen LogP contribution is 2.33. The topological polar surface area (TPSA) is 177 Å². The molecule has 27 heavy (non-hydrogen) atoms. The van der Waals surface area contributed by atoms with Gasteiger partial charge in [-0.2, -0.15) is 0 Å². The van der Waals surface area contributed by atoms with Gasteiger partial charge >= 0.3 is 0 Å². The van der Waals surface area contributed by atoms with Gasteiger partial charge in [0.2, 0.25) is 5.91 Å². The fraction of sp³-hybridized carbons (Fsp3) is 0. The Bertz CT molecular complexity index is 796. The minimum absolute atomic E-state index is 0.310. The number of para-hydroxylation sites is 2. The number of hydrogen-bond donors (Lipinski definition) is 7. The number of amides is 1. The van der Waals surface area contributed by atoms with Crippen molar-refractivity contribution in [1.29, 1.82) is 0 Å². The minimum Gasteiger partial charge on any atom is -0.504 e. The molecule has 9 heteroatoms. The largest absolute Gasteiger partial charge is 0.504 e. The Balaban J connectivity index is 0.000000202. The molecular formula is C18H18N2O7. The van der Waals surface area contributed by atoms with Crippen molar-refractivity contribution < 1.29 is 35.4 Å². The molecule has 0 saturated heterocycles. The van der Waals surface area contributed by atoms with Crippen LogP contribution >= 0.6 is 0 Å². The molecule has 9 nitrogen and oxygen atoms in total. The zero-order valence-corrected chi connectivity index (χ0v) is 13.9. The van der Waals surface area contributed by atoms with Crippen LogP contribution in [0.2, 0.25) is 0 Å². The smallest absolute Gasteiger partial charge is 0.248 e. The van der Waals surface area contributed by atoms with Crippen LogP contribution in [0.15, 0.2) is 60.9 Å². The number of phenolic OH excluding ortho intramolecular Hbond substituents is 6. The van der Waals surface area contributed by atoms with Gasteiger partial charge in [0.25, 0.3) is 0 Å². The first-order chi connectivity index (χ1) is 12.7. The molecule has 0 unspecified atom stereocenters. The number of nitrogens with two attached hydrogens (primary N) is 1.